The topological polar surface area (TPSA) is 48.9 Å². The average Bonchev–Trinajstić information content (AvgIpc) is 2.70. The summed E-state index contributed by atoms with van der Waals surface area (Å²) in [5.74, 6) is 1.75. The molecule has 0 radical (unpaired) electrons. The van der Waals surface area contributed by atoms with Crippen LogP contribution >= 0.6 is 0 Å². The number of likely N-dealkylation sites (N-methyl/N-ethyl adjacent to an activating group) is 1. The largest absolute Gasteiger partial charge is 0.496 e. The van der Waals surface area contributed by atoms with Crippen molar-refractivity contribution in [1.82, 2.24) is 15.5 Å². The Morgan fingerprint density at radius 2 is 1.74 bits per heavy atom. The van der Waals surface area contributed by atoms with Crippen LogP contribution in [0.15, 0.2) is 59.6 Å². The van der Waals surface area contributed by atoms with E-state index in [1.54, 1.807) is 14.2 Å². The Balaban J connectivity index is 1.82. The lowest BCUT2D eigenvalue weighted by molar-refractivity contribution is 0.290. The summed E-state index contributed by atoms with van der Waals surface area (Å²) in [7, 11) is 7.75. The van der Waals surface area contributed by atoms with E-state index in [-0.39, 0.29) is 0 Å². The first-order valence-electron chi connectivity index (χ1n) is 9.40. The standard InChI is InChI=1S/C22H32N4O/c1-23-22(24-15-14-19-12-8-9-13-21(19)27-4)25-17-20(26(2)3)16-18-10-6-5-7-11-18/h5-13,20H,14-17H2,1-4H3,(H2,23,24,25). The Kier molecular flexibility index (Phi) is 8.65. The molecule has 0 saturated heterocycles. The lowest BCUT2D eigenvalue weighted by atomic mass is 10.1. The van der Waals surface area contributed by atoms with Gasteiger partial charge in [0.15, 0.2) is 5.96 Å². The first-order chi connectivity index (χ1) is 13.1. The number of nitrogens with one attached hydrogen (secondary N) is 2. The van der Waals surface area contributed by atoms with E-state index in [1.807, 2.05) is 18.2 Å². The molecule has 0 fully saturated rings. The maximum absolute atomic E-state index is 5.41. The predicted molar refractivity (Wildman–Crippen MR) is 114 cm³/mol. The van der Waals surface area contributed by atoms with Crippen molar-refractivity contribution in [2.75, 3.05) is 41.3 Å². The molecule has 0 bridgehead atoms. The number of guanidine groups is 1. The lowest BCUT2D eigenvalue weighted by Gasteiger charge is -2.25. The number of methoxy groups -OCH3 is 1. The Hall–Kier alpha value is -2.53. The molecular weight excluding hydrogens is 336 g/mol. The van der Waals surface area contributed by atoms with E-state index in [0.717, 1.165) is 37.6 Å². The molecule has 2 aromatic rings. The normalized spacial score (nSPS) is 12.7. The molecule has 0 aliphatic rings. The van der Waals surface area contributed by atoms with Crippen molar-refractivity contribution in [2.24, 2.45) is 4.99 Å². The van der Waals surface area contributed by atoms with Crippen molar-refractivity contribution in [3.63, 3.8) is 0 Å². The molecule has 1 unspecified atom stereocenters. The molecule has 0 spiro atoms. The molecule has 5 heteroatoms. The molecule has 2 aromatic carbocycles. The number of nitrogens with zero attached hydrogens (tertiary/aromatic N) is 2. The highest BCUT2D eigenvalue weighted by atomic mass is 16.5. The Bertz CT molecular complexity index is 700. The van der Waals surface area contributed by atoms with Gasteiger partial charge in [-0.1, -0.05) is 48.5 Å². The van der Waals surface area contributed by atoms with Crippen LogP contribution in [0.2, 0.25) is 0 Å². The minimum absolute atomic E-state index is 0.389. The zero-order valence-corrected chi connectivity index (χ0v) is 16.9. The summed E-state index contributed by atoms with van der Waals surface area (Å²) in [5, 5.41) is 6.84. The summed E-state index contributed by atoms with van der Waals surface area (Å²) in [6, 6.07) is 19.1. The summed E-state index contributed by atoms with van der Waals surface area (Å²) < 4.78 is 5.41. The van der Waals surface area contributed by atoms with Crippen LogP contribution < -0.4 is 15.4 Å². The molecule has 5 nitrogen and oxygen atoms in total. The quantitative estimate of drug-likeness (QED) is 0.528. The second-order valence-electron chi connectivity index (χ2n) is 6.75. The van der Waals surface area contributed by atoms with E-state index in [2.05, 4.69) is 71.0 Å². The van der Waals surface area contributed by atoms with Crippen LogP contribution in [0, 0.1) is 0 Å². The number of rotatable bonds is 9. The Morgan fingerprint density at radius 1 is 1.04 bits per heavy atom. The minimum atomic E-state index is 0.389. The SMILES string of the molecule is CN=C(NCCc1ccccc1OC)NCC(Cc1ccccc1)N(C)C. The second-order valence-corrected chi connectivity index (χ2v) is 6.75. The van der Waals surface area contributed by atoms with Crippen molar-refractivity contribution >= 4 is 5.96 Å². The van der Waals surface area contributed by atoms with E-state index in [9.17, 15) is 0 Å². The smallest absolute Gasteiger partial charge is 0.191 e. The number of hydrogen-bond donors (Lipinski definition) is 2. The van der Waals surface area contributed by atoms with E-state index in [1.165, 1.54) is 11.1 Å². The van der Waals surface area contributed by atoms with E-state index in [4.69, 9.17) is 4.74 Å². The molecule has 0 aliphatic heterocycles. The number of hydrogen-bond acceptors (Lipinski definition) is 3. The van der Waals surface area contributed by atoms with Gasteiger partial charge in [0.2, 0.25) is 0 Å². The molecule has 2 N–H and O–H groups in total. The van der Waals surface area contributed by atoms with Crippen LogP contribution in [-0.4, -0.2) is 58.2 Å². The van der Waals surface area contributed by atoms with Crippen molar-refractivity contribution < 1.29 is 4.74 Å². The maximum atomic E-state index is 5.41. The first kappa shape index (κ1) is 20.8. The molecular formula is C22H32N4O. The van der Waals surface area contributed by atoms with Gasteiger partial charge < -0.3 is 20.3 Å². The fourth-order valence-corrected chi connectivity index (χ4v) is 2.98. The van der Waals surface area contributed by atoms with Crippen LogP contribution in [-0.2, 0) is 12.8 Å². The fourth-order valence-electron chi connectivity index (χ4n) is 2.98. The van der Waals surface area contributed by atoms with Crippen LogP contribution in [0.3, 0.4) is 0 Å². The molecule has 0 saturated carbocycles. The van der Waals surface area contributed by atoms with Crippen LogP contribution in [0.4, 0.5) is 0 Å². The summed E-state index contributed by atoms with van der Waals surface area (Å²) in [5.41, 5.74) is 2.54. The van der Waals surface area contributed by atoms with Crippen molar-refractivity contribution in [3.8, 4) is 5.75 Å². The van der Waals surface area contributed by atoms with Gasteiger partial charge in [0.05, 0.1) is 7.11 Å². The van der Waals surface area contributed by atoms with Gasteiger partial charge in [-0.15, -0.1) is 0 Å². The summed E-state index contributed by atoms with van der Waals surface area (Å²) >= 11 is 0. The van der Waals surface area contributed by atoms with E-state index >= 15 is 0 Å². The number of benzene rings is 2. The molecule has 0 heterocycles. The second kappa shape index (κ2) is 11.2. The predicted octanol–water partition coefficient (Wildman–Crippen LogP) is 2.58. The third-order valence-electron chi connectivity index (χ3n) is 4.65. The zero-order valence-electron chi connectivity index (χ0n) is 16.9. The summed E-state index contributed by atoms with van der Waals surface area (Å²) in [6.45, 7) is 1.63. The lowest BCUT2D eigenvalue weighted by Crippen LogP contribution is -2.46. The molecule has 27 heavy (non-hydrogen) atoms. The molecule has 1 atom stereocenters. The van der Waals surface area contributed by atoms with Gasteiger partial charge in [0, 0.05) is 26.2 Å². The van der Waals surface area contributed by atoms with Crippen molar-refractivity contribution in [3.05, 3.63) is 65.7 Å². The Morgan fingerprint density at radius 3 is 2.41 bits per heavy atom. The fraction of sp³-hybridized carbons (Fsp3) is 0.409. The van der Waals surface area contributed by atoms with E-state index in [0.29, 0.717) is 6.04 Å². The van der Waals surface area contributed by atoms with Gasteiger partial charge >= 0.3 is 0 Å². The molecule has 0 aromatic heterocycles. The maximum Gasteiger partial charge on any atom is 0.191 e. The van der Waals surface area contributed by atoms with Gasteiger partial charge in [-0.3, -0.25) is 4.99 Å². The Labute approximate surface area is 163 Å². The van der Waals surface area contributed by atoms with E-state index < -0.39 is 0 Å². The van der Waals surface area contributed by atoms with Gasteiger partial charge in [-0.05, 0) is 44.1 Å². The monoisotopic (exact) mass is 368 g/mol. The third kappa shape index (κ3) is 6.94. The summed E-state index contributed by atoms with van der Waals surface area (Å²) in [4.78, 5) is 6.60. The molecule has 2 rings (SSSR count). The highest BCUT2D eigenvalue weighted by Crippen LogP contribution is 2.17. The van der Waals surface area contributed by atoms with Gasteiger partial charge in [-0.2, -0.15) is 0 Å². The summed E-state index contributed by atoms with van der Waals surface area (Å²) in [6.07, 6.45) is 1.88. The number of ether oxygens (including phenoxy) is 1. The molecule has 0 aliphatic carbocycles. The highest BCUT2D eigenvalue weighted by molar-refractivity contribution is 5.79. The minimum Gasteiger partial charge on any atom is -0.496 e. The average molecular weight is 369 g/mol. The zero-order chi connectivity index (χ0) is 19.5. The molecule has 146 valence electrons. The van der Waals surface area contributed by atoms with Gasteiger partial charge in [0.1, 0.15) is 5.75 Å². The van der Waals surface area contributed by atoms with Gasteiger partial charge in [-0.25, -0.2) is 0 Å². The highest BCUT2D eigenvalue weighted by Gasteiger charge is 2.13. The van der Waals surface area contributed by atoms with Crippen molar-refractivity contribution in [2.45, 2.75) is 18.9 Å². The van der Waals surface area contributed by atoms with Crippen LogP contribution in [0.25, 0.3) is 0 Å². The van der Waals surface area contributed by atoms with Crippen LogP contribution in [0.5, 0.6) is 5.75 Å². The first-order valence-corrected chi connectivity index (χ1v) is 9.40. The molecule has 0 amide bonds. The van der Waals surface area contributed by atoms with Crippen LogP contribution in [0.1, 0.15) is 11.1 Å². The third-order valence-corrected chi connectivity index (χ3v) is 4.65. The van der Waals surface area contributed by atoms with Gasteiger partial charge in [0.25, 0.3) is 0 Å². The number of para-hydroxylation sites is 1. The van der Waals surface area contributed by atoms with Crippen molar-refractivity contribution in [1.29, 1.82) is 0 Å². The number of aliphatic imine (C=N–C) groups is 1.